The van der Waals surface area contributed by atoms with Crippen molar-refractivity contribution in [1.29, 1.82) is 0 Å². The number of hydrogen-bond acceptors (Lipinski definition) is 8. The first-order valence-corrected chi connectivity index (χ1v) is 35.5. The monoisotopic (exact) mass is 1360 g/mol. The van der Waals surface area contributed by atoms with Gasteiger partial charge in [-0.05, 0) is 119 Å². The number of anilines is 6. The minimum atomic E-state index is 0.579. The molecule has 0 aliphatic heterocycles. The molecule has 0 saturated heterocycles. The van der Waals surface area contributed by atoms with Crippen LogP contribution in [-0.2, 0) is 0 Å². The van der Waals surface area contributed by atoms with Gasteiger partial charge in [0.15, 0.2) is 23.3 Å². The normalized spacial score (nSPS) is 11.2. The quantitative estimate of drug-likeness (QED) is 0.100. The lowest BCUT2D eigenvalue weighted by atomic mass is 10.0. The van der Waals surface area contributed by atoms with Gasteiger partial charge in [0.2, 0.25) is 11.9 Å². The Morgan fingerprint density at radius 1 is 0.170 bits per heavy atom. The van der Waals surface area contributed by atoms with Gasteiger partial charge < -0.3 is 9.80 Å². The second kappa shape index (κ2) is 28.5. The Morgan fingerprint density at radius 3 is 0.764 bits per heavy atom. The molecule has 500 valence electrons. The van der Waals surface area contributed by atoms with Crippen molar-refractivity contribution in [2.45, 2.75) is 0 Å². The number of nitrogens with zero attached hydrogens (tertiary/aromatic N) is 10. The predicted molar refractivity (Wildman–Crippen MR) is 436 cm³/mol. The molecule has 19 aromatic rings. The Bertz CT molecular complexity index is 6090. The fourth-order valence-electron chi connectivity index (χ4n) is 14.3. The van der Waals surface area contributed by atoms with E-state index in [1.807, 2.05) is 60.7 Å². The lowest BCUT2D eigenvalue weighted by Crippen LogP contribution is -2.10. The molecule has 0 radical (unpaired) electrons. The van der Waals surface area contributed by atoms with Gasteiger partial charge in [-0.3, -0.25) is 9.13 Å². The molecule has 0 atom stereocenters. The van der Waals surface area contributed by atoms with Crippen LogP contribution in [0, 0.1) is 0 Å². The second-order valence-corrected chi connectivity index (χ2v) is 25.8. The van der Waals surface area contributed by atoms with Crippen LogP contribution in [0.3, 0.4) is 0 Å². The summed E-state index contributed by atoms with van der Waals surface area (Å²) in [7, 11) is 0. The molecular formula is C96H66N10. The molecule has 0 amide bonds. The van der Waals surface area contributed by atoms with E-state index in [-0.39, 0.29) is 0 Å². The smallest absolute Gasteiger partial charge is 0.238 e. The van der Waals surface area contributed by atoms with E-state index >= 15 is 0 Å². The molecule has 4 heterocycles. The third kappa shape index (κ3) is 12.5. The highest BCUT2D eigenvalue weighted by molar-refractivity contribution is 6.10. The van der Waals surface area contributed by atoms with E-state index in [0.29, 0.717) is 35.2 Å². The third-order valence-corrected chi connectivity index (χ3v) is 19.3. The summed E-state index contributed by atoms with van der Waals surface area (Å²) in [5, 5.41) is 4.64. The molecule has 0 aliphatic carbocycles. The first-order valence-electron chi connectivity index (χ1n) is 35.5. The van der Waals surface area contributed by atoms with E-state index in [9.17, 15) is 0 Å². The Kier molecular flexibility index (Phi) is 17.1. The number of benzene rings is 15. The molecule has 0 aliphatic rings. The zero-order valence-electron chi connectivity index (χ0n) is 57.6. The summed E-state index contributed by atoms with van der Waals surface area (Å²) in [6.45, 7) is 0. The molecule has 4 aromatic heterocycles. The molecule has 106 heavy (non-hydrogen) atoms. The van der Waals surface area contributed by atoms with Gasteiger partial charge >= 0.3 is 0 Å². The van der Waals surface area contributed by atoms with Crippen molar-refractivity contribution in [1.82, 2.24) is 39.0 Å². The summed E-state index contributed by atoms with van der Waals surface area (Å²) in [4.78, 5) is 35.2. The Morgan fingerprint density at radius 2 is 0.406 bits per heavy atom. The highest BCUT2D eigenvalue weighted by Crippen LogP contribution is 2.43. The zero-order chi connectivity index (χ0) is 70.5. The average Bonchev–Trinajstić information content (AvgIpc) is 1.60. The number of fused-ring (bicyclic) bond motifs is 6. The molecule has 0 bridgehead atoms. The van der Waals surface area contributed by atoms with Gasteiger partial charge in [-0.2, -0.15) is 19.9 Å². The van der Waals surface area contributed by atoms with Crippen LogP contribution in [0.2, 0.25) is 0 Å². The molecule has 0 unspecified atom stereocenters. The summed E-state index contributed by atoms with van der Waals surface area (Å²) in [5.41, 5.74) is 21.3. The number of hydrogen-bond donors (Lipinski definition) is 0. The third-order valence-electron chi connectivity index (χ3n) is 19.3. The predicted octanol–water partition coefficient (Wildman–Crippen LogP) is 24.5. The van der Waals surface area contributed by atoms with Crippen LogP contribution in [0.5, 0.6) is 0 Å². The van der Waals surface area contributed by atoms with Crippen LogP contribution in [0.15, 0.2) is 400 Å². The topological polar surface area (TPSA) is 93.7 Å². The van der Waals surface area contributed by atoms with Crippen molar-refractivity contribution < 1.29 is 0 Å². The van der Waals surface area contributed by atoms with Gasteiger partial charge in [0.1, 0.15) is 0 Å². The minimum absolute atomic E-state index is 0.579. The van der Waals surface area contributed by atoms with Crippen LogP contribution in [0.4, 0.5) is 34.1 Å². The Balaban J connectivity index is 0.000000151. The number of para-hydroxylation sites is 9. The Hall–Kier alpha value is -14.5. The summed E-state index contributed by atoms with van der Waals surface area (Å²) in [6, 6.07) is 139. The first kappa shape index (κ1) is 63.7. The summed E-state index contributed by atoms with van der Waals surface area (Å²) in [6.07, 6.45) is 0. The maximum absolute atomic E-state index is 5.16. The maximum Gasteiger partial charge on any atom is 0.238 e. The van der Waals surface area contributed by atoms with Crippen LogP contribution >= 0.6 is 0 Å². The van der Waals surface area contributed by atoms with Gasteiger partial charge in [0.25, 0.3) is 0 Å². The van der Waals surface area contributed by atoms with E-state index < -0.39 is 0 Å². The van der Waals surface area contributed by atoms with E-state index in [1.165, 1.54) is 5.56 Å². The largest absolute Gasteiger partial charge is 0.311 e. The zero-order valence-corrected chi connectivity index (χ0v) is 57.6. The van der Waals surface area contributed by atoms with Gasteiger partial charge in [-0.25, -0.2) is 9.97 Å². The van der Waals surface area contributed by atoms with Crippen LogP contribution in [0.1, 0.15) is 0 Å². The van der Waals surface area contributed by atoms with Gasteiger partial charge in [0, 0.05) is 77.8 Å². The fourth-order valence-corrected chi connectivity index (χ4v) is 14.3. The summed E-state index contributed by atoms with van der Waals surface area (Å²) in [5.74, 6) is 3.64. The SMILES string of the molecule is c1ccc(-c2ccc(-c3nc(-c4ccc(-c5ccc(N(c6ccccc6)c6ccccc6)cc5)cc4)nc(-n4c5ccccc5c5ccccc54)n3)cc2)cc1.c1ccc(-c2nc(-c3ccc(-c4ccccc4N(c4ccccc4)c4ccccc4)cc3)nc(-n3c4ccccc4c4ccccc43)n2)cc1. The van der Waals surface area contributed by atoms with Crippen LogP contribution in [0.25, 0.3) is 134 Å². The van der Waals surface area contributed by atoms with E-state index in [1.54, 1.807) is 0 Å². The highest BCUT2D eigenvalue weighted by Gasteiger charge is 2.23. The molecule has 0 saturated carbocycles. The molecule has 0 spiro atoms. The van der Waals surface area contributed by atoms with Crippen molar-refractivity contribution >= 4 is 77.7 Å². The number of rotatable bonds is 15. The van der Waals surface area contributed by atoms with E-state index in [2.05, 4.69) is 359 Å². The van der Waals surface area contributed by atoms with Crippen molar-refractivity contribution in [2.24, 2.45) is 0 Å². The minimum Gasteiger partial charge on any atom is -0.311 e. The van der Waals surface area contributed by atoms with Crippen molar-refractivity contribution in [3.63, 3.8) is 0 Å². The van der Waals surface area contributed by atoms with E-state index in [4.69, 9.17) is 29.9 Å². The number of aromatic nitrogens is 8. The fraction of sp³-hybridized carbons (Fsp3) is 0. The molecule has 15 aromatic carbocycles. The molecule has 10 heteroatoms. The van der Waals surface area contributed by atoms with Crippen LogP contribution in [-0.4, -0.2) is 39.0 Å². The lowest BCUT2D eigenvalue weighted by molar-refractivity contribution is 0.953. The second-order valence-electron chi connectivity index (χ2n) is 25.8. The molecule has 19 rings (SSSR count). The standard InChI is InChI=1S/C51H35N5.C45H31N5/c1-4-14-36(15-5-1)37-24-28-40(29-25-37)49-52-50(54-51(53-49)56-47-22-12-10-20-45(47)46-21-11-13-23-48(46)56)41-30-26-38(27-31-41)39-32-34-44(35-33-39)55(42-16-6-2-7-17-42)43-18-8-3-9-19-43;1-4-16-33(17-5-1)43-46-44(48-45(47-43)50-41-26-14-11-23-38(41)39-24-12-15-27-42(39)50)34-30-28-32(29-31-34)37-22-10-13-25-40(37)49(35-18-6-2-7-19-35)36-20-8-3-9-21-36/h1-35H;1-31H. The summed E-state index contributed by atoms with van der Waals surface area (Å²) >= 11 is 0. The van der Waals surface area contributed by atoms with Gasteiger partial charge in [-0.1, -0.05) is 309 Å². The Labute approximate surface area is 614 Å². The van der Waals surface area contributed by atoms with Crippen molar-refractivity contribution in [3.05, 3.63) is 400 Å². The summed E-state index contributed by atoms with van der Waals surface area (Å²) < 4.78 is 4.30. The van der Waals surface area contributed by atoms with Crippen molar-refractivity contribution in [2.75, 3.05) is 9.80 Å². The van der Waals surface area contributed by atoms with Gasteiger partial charge in [-0.15, -0.1) is 0 Å². The molecular weight excluding hydrogens is 1290 g/mol. The highest BCUT2D eigenvalue weighted by atomic mass is 15.2. The van der Waals surface area contributed by atoms with Crippen LogP contribution < -0.4 is 9.80 Å². The van der Waals surface area contributed by atoms with Crippen molar-refractivity contribution in [3.8, 4) is 90.8 Å². The average molecular weight is 1360 g/mol. The van der Waals surface area contributed by atoms with E-state index in [0.717, 1.165) is 128 Å². The van der Waals surface area contributed by atoms with Gasteiger partial charge in [0.05, 0.1) is 27.8 Å². The lowest BCUT2D eigenvalue weighted by Gasteiger charge is -2.27. The molecule has 0 N–H and O–H groups in total. The maximum atomic E-state index is 5.16. The molecule has 10 nitrogen and oxygen atoms in total. The first-order chi connectivity index (χ1) is 52.6. The molecule has 0 fully saturated rings.